The fourth-order valence-electron chi connectivity index (χ4n) is 3.05. The van der Waals surface area contributed by atoms with Crippen molar-refractivity contribution in [1.82, 2.24) is 9.78 Å². The Kier molecular flexibility index (Phi) is 4.10. The van der Waals surface area contributed by atoms with Gasteiger partial charge in [0.15, 0.2) is 0 Å². The molecule has 20 heavy (non-hydrogen) atoms. The molecule has 0 radical (unpaired) electrons. The van der Waals surface area contributed by atoms with Crippen LogP contribution in [0, 0.1) is 5.92 Å². The summed E-state index contributed by atoms with van der Waals surface area (Å²) in [5.74, 6) is 0.760. The van der Waals surface area contributed by atoms with Crippen LogP contribution in [0.1, 0.15) is 56.5 Å². The number of rotatable bonds is 5. The summed E-state index contributed by atoms with van der Waals surface area (Å²) in [5, 5.41) is 10.3. The van der Waals surface area contributed by atoms with E-state index in [1.54, 1.807) is 0 Å². The Morgan fingerprint density at radius 2 is 2.15 bits per heavy atom. The van der Waals surface area contributed by atoms with Crippen LogP contribution in [-0.2, 0) is 0 Å². The molecule has 2 aromatic rings. The Balaban J connectivity index is 1.78. The summed E-state index contributed by atoms with van der Waals surface area (Å²) in [7, 11) is 0. The number of aromatic nitrogens is 2. The molecule has 4 heteroatoms. The summed E-state index contributed by atoms with van der Waals surface area (Å²) < 4.78 is 2.02. The van der Waals surface area contributed by atoms with E-state index < -0.39 is 0 Å². The van der Waals surface area contributed by atoms with Crippen LogP contribution in [0.4, 0.5) is 5.69 Å². The van der Waals surface area contributed by atoms with Gasteiger partial charge < -0.3 is 5.32 Å². The van der Waals surface area contributed by atoms with Crippen LogP contribution in [0.2, 0.25) is 0 Å². The van der Waals surface area contributed by atoms with Crippen molar-refractivity contribution < 1.29 is 0 Å². The van der Waals surface area contributed by atoms with E-state index in [4.69, 9.17) is 0 Å². The van der Waals surface area contributed by atoms with Gasteiger partial charge >= 0.3 is 0 Å². The molecular weight excluding hydrogens is 266 g/mol. The number of hydrogen-bond acceptors (Lipinski definition) is 3. The summed E-state index contributed by atoms with van der Waals surface area (Å²) in [5.41, 5.74) is 1.14. The predicted molar refractivity (Wildman–Crippen MR) is 85.3 cm³/mol. The smallest absolute Gasteiger partial charge is 0.0731 e. The van der Waals surface area contributed by atoms with Crippen molar-refractivity contribution >= 4 is 17.0 Å². The Labute approximate surface area is 125 Å². The fraction of sp³-hybridized carbons (Fsp3) is 0.562. The van der Waals surface area contributed by atoms with Gasteiger partial charge in [-0.25, -0.2) is 0 Å². The molecule has 1 fully saturated rings. The van der Waals surface area contributed by atoms with Crippen LogP contribution >= 0.6 is 11.3 Å². The first kappa shape index (κ1) is 13.7. The second-order valence-corrected chi connectivity index (χ2v) is 6.96. The normalized spacial score (nSPS) is 17.8. The Bertz CT molecular complexity index is 524. The number of nitrogens with one attached hydrogen (secondary N) is 1. The van der Waals surface area contributed by atoms with Gasteiger partial charge in [-0.05, 0) is 44.1 Å². The first-order chi connectivity index (χ1) is 9.74. The zero-order valence-corrected chi connectivity index (χ0v) is 13.1. The molecule has 2 aromatic heterocycles. The third-order valence-corrected chi connectivity index (χ3v) is 5.13. The van der Waals surface area contributed by atoms with Gasteiger partial charge in [0.25, 0.3) is 0 Å². The molecule has 1 N–H and O–H groups in total. The Hall–Kier alpha value is -1.29. The third kappa shape index (κ3) is 2.90. The van der Waals surface area contributed by atoms with Gasteiger partial charge in [-0.1, -0.05) is 18.9 Å². The van der Waals surface area contributed by atoms with E-state index in [1.165, 1.54) is 30.6 Å². The van der Waals surface area contributed by atoms with E-state index in [0.29, 0.717) is 12.1 Å². The molecule has 1 atom stereocenters. The highest BCUT2D eigenvalue weighted by Gasteiger charge is 2.27. The first-order valence-corrected chi connectivity index (χ1v) is 8.46. The highest BCUT2D eigenvalue weighted by atomic mass is 32.1. The molecule has 1 unspecified atom stereocenters. The van der Waals surface area contributed by atoms with E-state index in [-0.39, 0.29) is 0 Å². The largest absolute Gasteiger partial charge is 0.375 e. The van der Waals surface area contributed by atoms with Crippen LogP contribution in [0.5, 0.6) is 0 Å². The zero-order valence-electron chi connectivity index (χ0n) is 12.2. The number of nitrogens with zero attached hydrogens (tertiary/aromatic N) is 2. The van der Waals surface area contributed by atoms with E-state index in [9.17, 15) is 0 Å². The van der Waals surface area contributed by atoms with Crippen molar-refractivity contribution in [2.75, 3.05) is 5.32 Å². The average molecular weight is 289 g/mol. The van der Waals surface area contributed by atoms with Crippen LogP contribution in [0.15, 0.2) is 29.9 Å². The molecule has 2 heterocycles. The summed E-state index contributed by atoms with van der Waals surface area (Å²) in [4.78, 5) is 1.45. The van der Waals surface area contributed by atoms with Gasteiger partial charge in [-0.2, -0.15) is 5.10 Å². The summed E-state index contributed by atoms with van der Waals surface area (Å²) in [6.07, 6.45) is 9.51. The van der Waals surface area contributed by atoms with Crippen molar-refractivity contribution in [3.63, 3.8) is 0 Å². The van der Waals surface area contributed by atoms with Gasteiger partial charge in [0, 0.05) is 17.1 Å². The highest BCUT2D eigenvalue weighted by Crippen LogP contribution is 2.39. The SMILES string of the molecule is CC(C)n1cc(NC(c2cccs2)C2CCCC2)cn1. The molecular formula is C16H23N3S. The summed E-state index contributed by atoms with van der Waals surface area (Å²) in [6, 6.07) is 5.27. The first-order valence-electron chi connectivity index (χ1n) is 7.58. The fourth-order valence-corrected chi connectivity index (χ4v) is 3.92. The molecule has 0 aromatic carbocycles. The maximum absolute atomic E-state index is 4.43. The minimum atomic E-state index is 0.414. The quantitative estimate of drug-likeness (QED) is 0.851. The second kappa shape index (κ2) is 6.00. The lowest BCUT2D eigenvalue weighted by Gasteiger charge is -2.24. The van der Waals surface area contributed by atoms with Crippen LogP contribution in [-0.4, -0.2) is 9.78 Å². The van der Waals surface area contributed by atoms with Crippen LogP contribution in [0.3, 0.4) is 0 Å². The van der Waals surface area contributed by atoms with Crippen molar-refractivity contribution in [1.29, 1.82) is 0 Å². The second-order valence-electron chi connectivity index (χ2n) is 5.98. The monoisotopic (exact) mass is 289 g/mol. The minimum Gasteiger partial charge on any atom is -0.375 e. The van der Waals surface area contributed by atoms with E-state index in [2.05, 4.69) is 48.0 Å². The molecule has 0 amide bonds. The third-order valence-electron chi connectivity index (χ3n) is 4.17. The standard InChI is InChI=1S/C16H23N3S/c1-12(2)19-11-14(10-17-19)18-16(13-6-3-4-7-13)15-8-5-9-20-15/h5,8-13,16,18H,3-4,6-7H2,1-2H3. The van der Waals surface area contributed by atoms with Gasteiger partial charge in [-0.3, -0.25) is 4.68 Å². The lowest BCUT2D eigenvalue weighted by atomic mass is 9.96. The topological polar surface area (TPSA) is 29.9 Å². The van der Waals surface area contributed by atoms with Crippen molar-refractivity contribution in [2.45, 2.75) is 51.6 Å². The summed E-state index contributed by atoms with van der Waals surface area (Å²) >= 11 is 1.86. The van der Waals surface area contributed by atoms with E-state index in [0.717, 1.165) is 11.6 Å². The molecule has 3 nitrogen and oxygen atoms in total. The van der Waals surface area contributed by atoms with Gasteiger partial charge in [0.1, 0.15) is 0 Å². The van der Waals surface area contributed by atoms with Gasteiger partial charge in [0.2, 0.25) is 0 Å². The summed E-state index contributed by atoms with van der Waals surface area (Å²) in [6.45, 7) is 4.31. The Morgan fingerprint density at radius 1 is 1.35 bits per heavy atom. The number of thiophene rings is 1. The lowest BCUT2D eigenvalue weighted by molar-refractivity contribution is 0.475. The molecule has 1 aliphatic carbocycles. The molecule has 0 saturated heterocycles. The van der Waals surface area contributed by atoms with Crippen LogP contribution in [0.25, 0.3) is 0 Å². The van der Waals surface area contributed by atoms with Crippen molar-refractivity contribution in [3.05, 3.63) is 34.8 Å². The lowest BCUT2D eigenvalue weighted by Crippen LogP contribution is -2.17. The molecule has 108 valence electrons. The van der Waals surface area contributed by atoms with Crippen molar-refractivity contribution in [2.24, 2.45) is 5.92 Å². The number of hydrogen-bond donors (Lipinski definition) is 1. The van der Waals surface area contributed by atoms with Crippen LogP contribution < -0.4 is 5.32 Å². The van der Waals surface area contributed by atoms with Gasteiger partial charge in [0.05, 0.1) is 17.9 Å². The molecule has 1 aliphatic rings. The maximum atomic E-state index is 4.43. The highest BCUT2D eigenvalue weighted by molar-refractivity contribution is 7.10. The number of anilines is 1. The molecule has 1 saturated carbocycles. The predicted octanol–water partition coefficient (Wildman–Crippen LogP) is 4.87. The molecule has 0 bridgehead atoms. The maximum Gasteiger partial charge on any atom is 0.0731 e. The minimum absolute atomic E-state index is 0.414. The van der Waals surface area contributed by atoms with Crippen molar-refractivity contribution in [3.8, 4) is 0 Å². The van der Waals surface area contributed by atoms with E-state index >= 15 is 0 Å². The Morgan fingerprint density at radius 3 is 2.75 bits per heavy atom. The molecule has 0 spiro atoms. The zero-order chi connectivity index (χ0) is 13.9. The average Bonchev–Trinajstić information content (AvgIpc) is 3.17. The molecule has 3 rings (SSSR count). The van der Waals surface area contributed by atoms with E-state index in [1.807, 2.05) is 22.2 Å². The van der Waals surface area contributed by atoms with Gasteiger partial charge in [-0.15, -0.1) is 11.3 Å². The molecule has 0 aliphatic heterocycles.